The molecule has 13 heteroatoms. The van der Waals surface area contributed by atoms with Crippen LogP contribution in [0.4, 0.5) is 24.7 Å². The molecule has 242 valence electrons. The minimum Gasteiger partial charge on any atom is -0.463 e. The van der Waals surface area contributed by atoms with Gasteiger partial charge in [0, 0.05) is 37.8 Å². The number of aromatic nitrogens is 2. The Morgan fingerprint density at radius 3 is 2.73 bits per heavy atom. The molecule has 0 bridgehead atoms. The van der Waals surface area contributed by atoms with Crippen molar-refractivity contribution in [1.82, 2.24) is 19.8 Å². The van der Waals surface area contributed by atoms with E-state index in [0.29, 0.717) is 62.7 Å². The van der Waals surface area contributed by atoms with Crippen LogP contribution in [0.15, 0.2) is 30.9 Å². The van der Waals surface area contributed by atoms with Gasteiger partial charge in [-0.05, 0) is 63.9 Å². The normalized spacial score (nSPS) is 22.2. The van der Waals surface area contributed by atoms with Crippen LogP contribution in [-0.4, -0.2) is 91.2 Å². The SMILES string of the molecule is [C-]#[N+]C[C@H]1CN(c2nc(OCC3CCCC(N(C)C)C3)nc3c2CCN(c2cccc(Cl)c2C(F)(F)F)C3)CCN1C(=O)C=C. The fraction of sp³-hybridized carbons (Fsp3) is 0.562. The average molecular weight is 646 g/mol. The molecular weight excluding hydrogens is 607 g/mol. The number of halogens is 4. The summed E-state index contributed by atoms with van der Waals surface area (Å²) in [5.74, 6) is 0.758. The minimum atomic E-state index is -4.62. The van der Waals surface area contributed by atoms with Gasteiger partial charge in [0.25, 0.3) is 0 Å². The summed E-state index contributed by atoms with van der Waals surface area (Å²) in [6.07, 6.45) is 1.35. The second-order valence-corrected chi connectivity index (χ2v) is 12.6. The molecule has 2 aromatic rings. The van der Waals surface area contributed by atoms with Crippen molar-refractivity contribution < 1.29 is 22.7 Å². The van der Waals surface area contributed by atoms with E-state index in [4.69, 9.17) is 32.9 Å². The number of alkyl halides is 3. The second kappa shape index (κ2) is 13.8. The van der Waals surface area contributed by atoms with Crippen LogP contribution in [0.1, 0.15) is 42.5 Å². The van der Waals surface area contributed by atoms with Gasteiger partial charge in [0.2, 0.25) is 12.5 Å². The molecular formula is C32H39ClF3N7O2. The molecule has 3 atom stereocenters. The van der Waals surface area contributed by atoms with E-state index in [1.54, 1.807) is 9.80 Å². The van der Waals surface area contributed by atoms with Gasteiger partial charge in [0.15, 0.2) is 0 Å². The number of rotatable bonds is 8. The van der Waals surface area contributed by atoms with Crippen LogP contribution in [0.2, 0.25) is 5.02 Å². The minimum absolute atomic E-state index is 0.00823. The highest BCUT2D eigenvalue weighted by atomic mass is 35.5. The Hall–Kier alpha value is -3.56. The zero-order chi connectivity index (χ0) is 32.3. The van der Waals surface area contributed by atoms with E-state index >= 15 is 0 Å². The average Bonchev–Trinajstić information content (AvgIpc) is 3.02. The highest BCUT2D eigenvalue weighted by Gasteiger charge is 2.39. The third kappa shape index (κ3) is 7.31. The molecule has 1 aromatic carbocycles. The highest BCUT2D eigenvalue weighted by Crippen LogP contribution is 2.43. The summed E-state index contributed by atoms with van der Waals surface area (Å²) < 4.78 is 48.5. The van der Waals surface area contributed by atoms with Crippen molar-refractivity contribution in [3.8, 4) is 6.01 Å². The maximum atomic E-state index is 14.1. The Balaban J connectivity index is 1.47. The molecule has 5 rings (SSSR count). The summed E-state index contributed by atoms with van der Waals surface area (Å²) in [7, 11) is 4.18. The van der Waals surface area contributed by atoms with Gasteiger partial charge >= 0.3 is 12.2 Å². The number of benzene rings is 1. The molecule has 3 heterocycles. The number of carbonyl (C=O) groups excluding carboxylic acids is 1. The number of hydrogen-bond acceptors (Lipinski definition) is 7. The largest absolute Gasteiger partial charge is 0.463 e. The van der Waals surface area contributed by atoms with Crippen LogP contribution in [0.5, 0.6) is 6.01 Å². The molecule has 0 N–H and O–H groups in total. The van der Waals surface area contributed by atoms with Crippen molar-refractivity contribution in [2.45, 2.75) is 56.9 Å². The van der Waals surface area contributed by atoms with Gasteiger partial charge in [0.05, 0.1) is 35.1 Å². The zero-order valence-electron chi connectivity index (χ0n) is 25.7. The van der Waals surface area contributed by atoms with Crippen molar-refractivity contribution in [2.75, 3.05) is 63.2 Å². The van der Waals surface area contributed by atoms with E-state index in [1.165, 1.54) is 24.3 Å². The van der Waals surface area contributed by atoms with Crippen LogP contribution < -0.4 is 14.5 Å². The van der Waals surface area contributed by atoms with Gasteiger partial charge in [-0.25, -0.2) is 6.57 Å². The quantitative estimate of drug-likeness (QED) is 0.284. The van der Waals surface area contributed by atoms with Crippen molar-refractivity contribution in [3.63, 3.8) is 0 Å². The van der Waals surface area contributed by atoms with Crippen LogP contribution in [-0.2, 0) is 23.9 Å². The number of fused-ring (bicyclic) bond motifs is 1. The van der Waals surface area contributed by atoms with Gasteiger partial charge in [-0.15, -0.1) is 0 Å². The van der Waals surface area contributed by atoms with E-state index in [2.05, 4.69) is 35.3 Å². The predicted molar refractivity (Wildman–Crippen MR) is 168 cm³/mol. The Kier molecular flexibility index (Phi) is 10.1. The van der Waals surface area contributed by atoms with E-state index < -0.39 is 11.7 Å². The first-order valence-electron chi connectivity index (χ1n) is 15.3. The van der Waals surface area contributed by atoms with Gasteiger partial charge in [-0.3, -0.25) is 4.79 Å². The molecule has 1 amide bonds. The first-order chi connectivity index (χ1) is 21.5. The molecule has 2 fully saturated rings. The Bertz CT molecular complexity index is 1450. The maximum Gasteiger partial charge on any atom is 0.419 e. The summed E-state index contributed by atoms with van der Waals surface area (Å²) in [5, 5.41) is -0.348. The van der Waals surface area contributed by atoms with E-state index in [9.17, 15) is 18.0 Å². The molecule has 2 aliphatic heterocycles. The lowest BCUT2D eigenvalue weighted by Crippen LogP contribution is -2.56. The predicted octanol–water partition coefficient (Wildman–Crippen LogP) is 5.33. The monoisotopic (exact) mass is 645 g/mol. The highest BCUT2D eigenvalue weighted by molar-refractivity contribution is 6.31. The lowest BCUT2D eigenvalue weighted by molar-refractivity contribution is -0.137. The van der Waals surface area contributed by atoms with E-state index in [-0.39, 0.29) is 41.8 Å². The number of carbonyl (C=O) groups is 1. The van der Waals surface area contributed by atoms with Crippen molar-refractivity contribution in [1.29, 1.82) is 0 Å². The maximum absolute atomic E-state index is 14.1. The van der Waals surface area contributed by atoms with Gasteiger partial charge < -0.3 is 29.2 Å². The smallest absolute Gasteiger partial charge is 0.419 e. The molecule has 1 saturated carbocycles. The summed E-state index contributed by atoms with van der Waals surface area (Å²) in [5.41, 5.74) is 0.576. The second-order valence-electron chi connectivity index (χ2n) is 12.2. The molecule has 0 radical (unpaired) electrons. The van der Waals surface area contributed by atoms with Gasteiger partial charge in [-0.2, -0.15) is 23.1 Å². The molecule has 1 saturated heterocycles. The summed E-state index contributed by atoms with van der Waals surface area (Å²) in [4.78, 5) is 33.3. The number of piperazine rings is 1. The lowest BCUT2D eigenvalue weighted by atomic mass is 9.86. The number of ether oxygens (including phenoxy) is 1. The van der Waals surface area contributed by atoms with Crippen molar-refractivity contribution in [3.05, 3.63) is 64.1 Å². The number of anilines is 2. The third-order valence-corrected chi connectivity index (χ3v) is 9.43. The summed E-state index contributed by atoms with van der Waals surface area (Å²) in [6.45, 7) is 13.3. The van der Waals surface area contributed by atoms with E-state index in [1.807, 2.05) is 0 Å². The van der Waals surface area contributed by atoms with Crippen molar-refractivity contribution >= 4 is 29.0 Å². The Morgan fingerprint density at radius 2 is 2.02 bits per heavy atom. The van der Waals surface area contributed by atoms with E-state index in [0.717, 1.165) is 31.2 Å². The molecule has 45 heavy (non-hydrogen) atoms. The van der Waals surface area contributed by atoms with Crippen LogP contribution in [0, 0.1) is 12.5 Å². The number of amides is 1. The number of nitrogens with zero attached hydrogens (tertiary/aromatic N) is 7. The lowest BCUT2D eigenvalue weighted by Gasteiger charge is -2.41. The molecule has 9 nitrogen and oxygen atoms in total. The van der Waals surface area contributed by atoms with Crippen LogP contribution in [0.25, 0.3) is 4.85 Å². The fourth-order valence-electron chi connectivity index (χ4n) is 6.77. The van der Waals surface area contributed by atoms with Crippen molar-refractivity contribution in [2.24, 2.45) is 5.92 Å². The summed E-state index contributed by atoms with van der Waals surface area (Å²) in [6, 6.07) is 4.52. The fourth-order valence-corrected chi connectivity index (χ4v) is 7.05. The van der Waals surface area contributed by atoms with Gasteiger partial charge in [0.1, 0.15) is 11.9 Å². The molecule has 1 aromatic heterocycles. The summed E-state index contributed by atoms with van der Waals surface area (Å²) >= 11 is 6.06. The first kappa shape index (κ1) is 32.8. The Labute approximate surface area is 267 Å². The molecule has 3 aliphatic rings. The van der Waals surface area contributed by atoms with Crippen LogP contribution in [0.3, 0.4) is 0 Å². The Morgan fingerprint density at radius 1 is 1.22 bits per heavy atom. The van der Waals surface area contributed by atoms with Gasteiger partial charge in [-0.1, -0.05) is 30.7 Å². The number of hydrogen-bond donors (Lipinski definition) is 0. The molecule has 0 spiro atoms. The molecule has 1 aliphatic carbocycles. The zero-order valence-corrected chi connectivity index (χ0v) is 26.4. The third-order valence-electron chi connectivity index (χ3n) is 9.11. The first-order valence-corrected chi connectivity index (χ1v) is 15.7. The van der Waals surface area contributed by atoms with Crippen LogP contribution >= 0.6 is 11.6 Å². The standard InChI is InChI=1S/C32H39ClF3N7O2/c1-5-28(44)43-15-14-42(18-23(43)17-37-2)30-24-12-13-41(27-11-7-10-25(33)29(27)32(34,35)36)19-26(24)38-31(39-30)45-20-21-8-6-9-22(16-21)40(3)4/h5,7,10-11,21-23H,1,6,8-9,12-20H2,3-4H3/t21?,22?,23-/m0/s1. The molecule has 2 unspecified atom stereocenters. The topological polar surface area (TPSA) is 69.4 Å².